The van der Waals surface area contributed by atoms with Crippen molar-refractivity contribution < 1.29 is 18.9 Å². The number of aromatic hydroxyl groups is 1. The number of phenols is 1. The van der Waals surface area contributed by atoms with Crippen LogP contribution in [-0.2, 0) is 0 Å². The second-order valence-electron chi connectivity index (χ2n) is 5.88. The van der Waals surface area contributed by atoms with E-state index in [9.17, 15) is 9.50 Å². The Morgan fingerprint density at radius 2 is 1.90 bits per heavy atom. The first-order valence-electron chi connectivity index (χ1n) is 8.42. The number of benzene rings is 2. The van der Waals surface area contributed by atoms with E-state index >= 15 is 0 Å². The van der Waals surface area contributed by atoms with Crippen molar-refractivity contribution >= 4 is 46.4 Å². The number of ether oxygens (including phenoxy) is 1. The number of fused-ring (bicyclic) bond motifs is 1. The second-order valence-corrected chi connectivity index (χ2v) is 6.29. The molecule has 10 nitrogen and oxygen atoms in total. The number of nitrogens with one attached hydrogen (secondary N) is 2. The van der Waals surface area contributed by atoms with E-state index < -0.39 is 5.82 Å². The molecule has 12 heteroatoms. The molecule has 0 aliphatic rings. The summed E-state index contributed by atoms with van der Waals surface area (Å²) >= 11 is 5.83. The summed E-state index contributed by atoms with van der Waals surface area (Å²) in [4.78, 5) is 8.52. The van der Waals surface area contributed by atoms with Gasteiger partial charge in [-0.2, -0.15) is 10.1 Å². The summed E-state index contributed by atoms with van der Waals surface area (Å²) in [5.74, 6) is 0.415. The van der Waals surface area contributed by atoms with Crippen LogP contribution < -0.4 is 15.5 Å². The Morgan fingerprint density at radius 1 is 1.13 bits per heavy atom. The van der Waals surface area contributed by atoms with Crippen LogP contribution in [0.3, 0.4) is 0 Å². The van der Waals surface area contributed by atoms with Crippen LogP contribution in [0.4, 0.5) is 21.7 Å². The van der Waals surface area contributed by atoms with Crippen LogP contribution >= 0.6 is 11.6 Å². The predicted molar refractivity (Wildman–Crippen MR) is 108 cm³/mol. The molecule has 0 aliphatic heterocycles. The summed E-state index contributed by atoms with van der Waals surface area (Å²) < 4.78 is 23.2. The van der Waals surface area contributed by atoms with Crippen LogP contribution in [0.25, 0.3) is 11.3 Å². The van der Waals surface area contributed by atoms with Gasteiger partial charge in [-0.1, -0.05) is 11.6 Å². The zero-order valence-corrected chi connectivity index (χ0v) is 16.1. The quantitative estimate of drug-likeness (QED) is 0.310. The number of hydrogen-bond donors (Lipinski definition) is 3. The highest BCUT2D eigenvalue weighted by atomic mass is 35.5. The minimum Gasteiger partial charge on any atom is -0.507 e. The van der Waals surface area contributed by atoms with Gasteiger partial charge in [-0.3, -0.25) is 5.43 Å². The molecule has 4 rings (SSSR count). The highest BCUT2D eigenvalue weighted by Crippen LogP contribution is 2.27. The van der Waals surface area contributed by atoms with Gasteiger partial charge in [0.2, 0.25) is 11.3 Å². The number of nitrogens with zero attached hydrogens (tertiary/aromatic N) is 5. The Morgan fingerprint density at radius 3 is 2.63 bits per heavy atom. The summed E-state index contributed by atoms with van der Waals surface area (Å²) in [6.45, 7) is 0. The van der Waals surface area contributed by atoms with Crippen LogP contribution in [0.5, 0.6) is 11.5 Å². The average molecular weight is 430 g/mol. The monoisotopic (exact) mass is 429 g/mol. The molecule has 0 spiro atoms. The number of aromatic nitrogens is 4. The molecule has 0 amide bonds. The molecule has 0 unspecified atom stereocenters. The van der Waals surface area contributed by atoms with Crippen molar-refractivity contribution in [2.75, 3.05) is 17.9 Å². The standard InChI is InChI=1S/C18H13ClFN7O3/c1-29-11-3-5-14(28)9(6-11)8-21-25-16-15(23-17-18(24-16)27-30-26-17)22-10-2-4-13(20)12(19)7-10/h2-8,28H,1H3,(H,22,23,26)(H,24,25,27)/b21-8+. The molecule has 0 aliphatic carbocycles. The second kappa shape index (κ2) is 8.17. The molecule has 0 bridgehead atoms. The van der Waals surface area contributed by atoms with E-state index in [4.69, 9.17) is 16.3 Å². The van der Waals surface area contributed by atoms with Gasteiger partial charge in [0.25, 0.3) is 0 Å². The normalized spacial score (nSPS) is 11.2. The summed E-state index contributed by atoms with van der Waals surface area (Å²) in [6, 6.07) is 8.80. The van der Waals surface area contributed by atoms with Crippen molar-refractivity contribution in [1.82, 2.24) is 20.3 Å². The van der Waals surface area contributed by atoms with E-state index in [1.165, 1.54) is 37.6 Å². The lowest BCUT2D eigenvalue weighted by atomic mass is 10.2. The Labute approximate surface area is 173 Å². The molecular formula is C18H13ClFN7O3. The van der Waals surface area contributed by atoms with Crippen molar-refractivity contribution in [3.8, 4) is 11.5 Å². The van der Waals surface area contributed by atoms with Gasteiger partial charge in [-0.25, -0.2) is 14.0 Å². The molecule has 0 saturated heterocycles. The molecule has 0 radical (unpaired) electrons. The molecule has 0 fully saturated rings. The molecule has 2 aromatic heterocycles. The van der Waals surface area contributed by atoms with E-state index in [1.54, 1.807) is 12.1 Å². The number of halogens is 2. The Hall–Kier alpha value is -3.99. The lowest BCUT2D eigenvalue weighted by Crippen LogP contribution is -2.03. The third-order valence-electron chi connectivity index (χ3n) is 3.91. The molecule has 4 aromatic rings. The van der Waals surface area contributed by atoms with E-state index in [2.05, 4.69) is 40.8 Å². The molecule has 0 saturated carbocycles. The number of phenolic OH excluding ortho intramolecular Hbond substituents is 1. The van der Waals surface area contributed by atoms with Crippen LogP contribution in [-0.4, -0.2) is 38.7 Å². The van der Waals surface area contributed by atoms with Crippen LogP contribution in [0.2, 0.25) is 5.02 Å². The predicted octanol–water partition coefficient (Wildman–Crippen LogP) is 3.71. The van der Waals surface area contributed by atoms with Crippen molar-refractivity contribution in [1.29, 1.82) is 0 Å². The topological polar surface area (TPSA) is 131 Å². The van der Waals surface area contributed by atoms with Gasteiger partial charge in [-0.05, 0) is 46.7 Å². The lowest BCUT2D eigenvalue weighted by molar-refractivity contribution is 0.314. The van der Waals surface area contributed by atoms with Crippen LogP contribution in [0, 0.1) is 5.82 Å². The fraction of sp³-hybridized carbons (Fsp3) is 0.0556. The first-order valence-corrected chi connectivity index (χ1v) is 8.80. The third kappa shape index (κ3) is 4.05. The number of hydrogen-bond acceptors (Lipinski definition) is 10. The number of anilines is 3. The van der Waals surface area contributed by atoms with Gasteiger partial charge < -0.3 is 15.2 Å². The minimum atomic E-state index is -0.550. The SMILES string of the molecule is COc1ccc(O)c(/C=N/Nc2nc3nonc3nc2Nc2ccc(F)c(Cl)c2)c1. The van der Waals surface area contributed by atoms with E-state index in [0.29, 0.717) is 17.0 Å². The summed E-state index contributed by atoms with van der Waals surface area (Å²) in [5, 5.41) is 24.2. The highest BCUT2D eigenvalue weighted by Gasteiger charge is 2.13. The summed E-state index contributed by atoms with van der Waals surface area (Å²) in [7, 11) is 1.52. The van der Waals surface area contributed by atoms with Crippen molar-refractivity contribution in [3.63, 3.8) is 0 Å². The molecule has 2 aromatic carbocycles. The van der Waals surface area contributed by atoms with Gasteiger partial charge in [0.1, 0.15) is 17.3 Å². The molecule has 3 N–H and O–H groups in total. The van der Waals surface area contributed by atoms with Crippen molar-refractivity contribution in [2.45, 2.75) is 0 Å². The highest BCUT2D eigenvalue weighted by molar-refractivity contribution is 6.31. The molecule has 30 heavy (non-hydrogen) atoms. The van der Waals surface area contributed by atoms with Crippen molar-refractivity contribution in [3.05, 3.63) is 52.8 Å². The number of methoxy groups -OCH3 is 1. The first kappa shape index (κ1) is 19.3. The maximum absolute atomic E-state index is 13.4. The van der Waals surface area contributed by atoms with Gasteiger partial charge in [0.05, 0.1) is 18.3 Å². The Kier molecular flexibility index (Phi) is 5.26. The number of hydrazone groups is 1. The van der Waals surface area contributed by atoms with Gasteiger partial charge >= 0.3 is 0 Å². The van der Waals surface area contributed by atoms with E-state index in [0.717, 1.165) is 0 Å². The third-order valence-corrected chi connectivity index (χ3v) is 4.20. The van der Waals surface area contributed by atoms with Crippen LogP contribution in [0.1, 0.15) is 5.56 Å². The fourth-order valence-electron chi connectivity index (χ4n) is 2.44. The maximum Gasteiger partial charge on any atom is 0.245 e. The number of rotatable bonds is 6. The maximum atomic E-state index is 13.4. The average Bonchev–Trinajstić information content (AvgIpc) is 3.19. The molecular weight excluding hydrogens is 417 g/mol. The lowest BCUT2D eigenvalue weighted by Gasteiger charge is -2.10. The van der Waals surface area contributed by atoms with Gasteiger partial charge in [-0.15, -0.1) is 0 Å². The van der Waals surface area contributed by atoms with Crippen LogP contribution in [0.15, 0.2) is 46.1 Å². The zero-order chi connectivity index (χ0) is 21.1. The molecule has 152 valence electrons. The Balaban J connectivity index is 1.64. The molecule has 2 heterocycles. The fourth-order valence-corrected chi connectivity index (χ4v) is 2.62. The van der Waals surface area contributed by atoms with E-state index in [1.807, 2.05) is 0 Å². The van der Waals surface area contributed by atoms with E-state index in [-0.39, 0.29) is 33.7 Å². The van der Waals surface area contributed by atoms with Gasteiger partial charge in [0, 0.05) is 11.3 Å². The Bertz CT molecular complexity index is 1250. The minimum absolute atomic E-state index is 0.0166. The summed E-state index contributed by atoms with van der Waals surface area (Å²) in [5.41, 5.74) is 3.91. The van der Waals surface area contributed by atoms with Crippen molar-refractivity contribution in [2.24, 2.45) is 5.10 Å². The van der Waals surface area contributed by atoms with Gasteiger partial charge in [0.15, 0.2) is 11.6 Å². The smallest absolute Gasteiger partial charge is 0.245 e. The molecule has 0 atom stereocenters. The largest absolute Gasteiger partial charge is 0.507 e. The summed E-state index contributed by atoms with van der Waals surface area (Å²) in [6.07, 6.45) is 1.38. The first-order chi connectivity index (χ1) is 14.5. The zero-order valence-electron chi connectivity index (χ0n) is 15.3.